The van der Waals surface area contributed by atoms with E-state index in [4.69, 9.17) is 0 Å². The Morgan fingerprint density at radius 3 is 2.38 bits per heavy atom. The molecule has 2 aliphatic rings. The van der Waals surface area contributed by atoms with Crippen molar-refractivity contribution in [3.63, 3.8) is 0 Å². The molecule has 0 saturated carbocycles. The predicted molar refractivity (Wildman–Crippen MR) is 89.1 cm³/mol. The van der Waals surface area contributed by atoms with Crippen LogP contribution in [0.2, 0.25) is 0 Å². The fraction of sp³-hybridized carbons (Fsp3) is 0.556. The Kier molecular flexibility index (Phi) is 5.45. The van der Waals surface area contributed by atoms with Crippen LogP contribution in [0.15, 0.2) is 24.3 Å². The highest BCUT2D eigenvalue weighted by Gasteiger charge is 2.25. The van der Waals surface area contributed by atoms with Crippen molar-refractivity contribution in [2.24, 2.45) is 5.92 Å². The lowest BCUT2D eigenvalue weighted by Gasteiger charge is -2.35. The molecule has 1 N–H and O–H groups in total. The van der Waals surface area contributed by atoms with Crippen molar-refractivity contribution in [1.29, 1.82) is 0 Å². The van der Waals surface area contributed by atoms with Crippen molar-refractivity contribution in [3.05, 3.63) is 35.6 Å². The molecule has 2 fully saturated rings. The molecule has 2 saturated heterocycles. The minimum Gasteiger partial charge on any atom is -0.339 e. The average molecular weight is 333 g/mol. The molecule has 0 bridgehead atoms. The van der Waals surface area contributed by atoms with E-state index in [-0.39, 0.29) is 17.6 Å². The van der Waals surface area contributed by atoms with Crippen LogP contribution >= 0.6 is 0 Å². The summed E-state index contributed by atoms with van der Waals surface area (Å²) in [6.45, 7) is 4.31. The van der Waals surface area contributed by atoms with Gasteiger partial charge >= 0.3 is 0 Å². The maximum Gasteiger partial charge on any atom is 0.253 e. The smallest absolute Gasteiger partial charge is 0.253 e. The van der Waals surface area contributed by atoms with Gasteiger partial charge in [0.2, 0.25) is 5.91 Å². The van der Waals surface area contributed by atoms with E-state index in [1.165, 1.54) is 24.3 Å². The molecule has 1 aromatic rings. The summed E-state index contributed by atoms with van der Waals surface area (Å²) < 4.78 is 12.9. The fourth-order valence-corrected chi connectivity index (χ4v) is 3.38. The quantitative estimate of drug-likeness (QED) is 0.908. The van der Waals surface area contributed by atoms with E-state index in [2.05, 4.69) is 5.32 Å². The molecule has 24 heavy (non-hydrogen) atoms. The van der Waals surface area contributed by atoms with Gasteiger partial charge in [-0.2, -0.15) is 0 Å². The van der Waals surface area contributed by atoms with Crippen LogP contribution in [-0.4, -0.2) is 60.9 Å². The number of hydrogen-bond acceptors (Lipinski definition) is 3. The molecule has 1 atom stereocenters. The molecule has 130 valence electrons. The Labute approximate surface area is 141 Å². The van der Waals surface area contributed by atoms with Gasteiger partial charge in [-0.15, -0.1) is 0 Å². The molecule has 2 aliphatic heterocycles. The van der Waals surface area contributed by atoms with Crippen molar-refractivity contribution >= 4 is 11.8 Å². The summed E-state index contributed by atoms with van der Waals surface area (Å²) in [5, 5.41) is 3.32. The molecule has 1 unspecified atom stereocenters. The van der Waals surface area contributed by atoms with Gasteiger partial charge in [-0.25, -0.2) is 4.39 Å². The topological polar surface area (TPSA) is 52.7 Å². The van der Waals surface area contributed by atoms with Crippen molar-refractivity contribution < 1.29 is 14.0 Å². The van der Waals surface area contributed by atoms with Crippen LogP contribution in [-0.2, 0) is 4.79 Å². The van der Waals surface area contributed by atoms with Gasteiger partial charge < -0.3 is 15.1 Å². The van der Waals surface area contributed by atoms with Crippen LogP contribution in [0.4, 0.5) is 4.39 Å². The van der Waals surface area contributed by atoms with Crippen LogP contribution < -0.4 is 5.32 Å². The second-order valence-corrected chi connectivity index (χ2v) is 6.58. The number of nitrogens with zero attached hydrogens (tertiary/aromatic N) is 2. The molecule has 6 heteroatoms. The number of amides is 2. The fourth-order valence-electron chi connectivity index (χ4n) is 3.38. The number of hydrogen-bond donors (Lipinski definition) is 1. The number of nitrogens with one attached hydrogen (secondary N) is 1. The summed E-state index contributed by atoms with van der Waals surface area (Å²) in [7, 11) is 0. The minimum atomic E-state index is -0.348. The molecule has 0 radical (unpaired) electrons. The summed E-state index contributed by atoms with van der Waals surface area (Å²) in [5.74, 6) is 0.365. The average Bonchev–Trinajstić information content (AvgIpc) is 3.13. The van der Waals surface area contributed by atoms with Gasteiger partial charge in [0, 0.05) is 38.2 Å². The van der Waals surface area contributed by atoms with E-state index in [0.717, 1.165) is 25.9 Å². The first-order chi connectivity index (χ1) is 11.6. The highest BCUT2D eigenvalue weighted by Crippen LogP contribution is 2.16. The highest BCUT2D eigenvalue weighted by molar-refractivity contribution is 5.94. The molecular formula is C18H24FN3O2. The Hall–Kier alpha value is -1.95. The third kappa shape index (κ3) is 4.12. The lowest BCUT2D eigenvalue weighted by molar-refractivity contribution is -0.132. The zero-order valence-corrected chi connectivity index (χ0v) is 13.8. The molecule has 5 nitrogen and oxygen atoms in total. The normalized spacial score (nSPS) is 21.1. The standard InChI is InChI=1S/C18H24FN3O2/c19-16-4-2-15(3-5-16)18(24)22-11-9-21(10-12-22)17(23)6-1-14-7-8-20-13-14/h2-5,14,20H,1,6-13H2. The molecule has 2 heterocycles. The van der Waals surface area contributed by atoms with Crippen LogP contribution in [0.3, 0.4) is 0 Å². The summed E-state index contributed by atoms with van der Waals surface area (Å²) >= 11 is 0. The maximum absolute atomic E-state index is 12.9. The number of rotatable bonds is 4. The summed E-state index contributed by atoms with van der Waals surface area (Å²) in [4.78, 5) is 28.3. The number of halogens is 1. The zero-order chi connectivity index (χ0) is 16.9. The molecule has 3 rings (SSSR count). The van der Waals surface area contributed by atoms with Crippen molar-refractivity contribution in [3.8, 4) is 0 Å². The van der Waals surface area contributed by atoms with Gasteiger partial charge in [0.1, 0.15) is 5.82 Å². The van der Waals surface area contributed by atoms with Crippen LogP contribution in [0, 0.1) is 11.7 Å². The third-order valence-electron chi connectivity index (χ3n) is 4.94. The Balaban J connectivity index is 1.45. The van der Waals surface area contributed by atoms with Crippen molar-refractivity contribution in [1.82, 2.24) is 15.1 Å². The van der Waals surface area contributed by atoms with Crippen LogP contribution in [0.1, 0.15) is 29.6 Å². The highest BCUT2D eigenvalue weighted by atomic mass is 19.1. The van der Waals surface area contributed by atoms with Gasteiger partial charge in [0.05, 0.1) is 0 Å². The molecular weight excluding hydrogens is 309 g/mol. The summed E-state index contributed by atoms with van der Waals surface area (Å²) in [6.07, 6.45) is 2.70. The lowest BCUT2D eigenvalue weighted by Crippen LogP contribution is -2.50. The number of carbonyl (C=O) groups is 2. The number of piperazine rings is 1. The van der Waals surface area contributed by atoms with Gasteiger partial charge in [0.15, 0.2) is 0 Å². The predicted octanol–water partition coefficient (Wildman–Crippen LogP) is 1.50. The molecule has 1 aromatic carbocycles. The first-order valence-electron chi connectivity index (χ1n) is 8.67. The summed E-state index contributed by atoms with van der Waals surface area (Å²) in [5.41, 5.74) is 0.491. The Bertz CT molecular complexity index is 576. The van der Waals surface area contributed by atoms with E-state index in [0.29, 0.717) is 44.1 Å². The van der Waals surface area contributed by atoms with E-state index >= 15 is 0 Å². The third-order valence-corrected chi connectivity index (χ3v) is 4.94. The van der Waals surface area contributed by atoms with E-state index in [1.807, 2.05) is 4.90 Å². The maximum atomic E-state index is 12.9. The van der Waals surface area contributed by atoms with Gasteiger partial charge in [-0.05, 0) is 56.1 Å². The molecule has 0 aromatic heterocycles. The second kappa shape index (κ2) is 7.75. The van der Waals surface area contributed by atoms with Gasteiger partial charge in [-0.1, -0.05) is 0 Å². The van der Waals surface area contributed by atoms with E-state index in [1.54, 1.807) is 4.90 Å². The SMILES string of the molecule is O=C(CCC1CCNC1)N1CCN(C(=O)c2ccc(F)cc2)CC1. The largest absolute Gasteiger partial charge is 0.339 e. The van der Waals surface area contributed by atoms with Crippen LogP contribution in [0.5, 0.6) is 0 Å². The van der Waals surface area contributed by atoms with E-state index in [9.17, 15) is 14.0 Å². The Morgan fingerprint density at radius 2 is 1.75 bits per heavy atom. The van der Waals surface area contributed by atoms with Crippen LogP contribution in [0.25, 0.3) is 0 Å². The van der Waals surface area contributed by atoms with Gasteiger partial charge in [0.25, 0.3) is 5.91 Å². The minimum absolute atomic E-state index is 0.0980. The molecule has 0 aliphatic carbocycles. The number of benzene rings is 1. The number of carbonyl (C=O) groups excluding carboxylic acids is 2. The first kappa shape index (κ1) is 16.9. The van der Waals surface area contributed by atoms with Gasteiger partial charge in [-0.3, -0.25) is 9.59 Å². The van der Waals surface area contributed by atoms with Crippen molar-refractivity contribution in [2.75, 3.05) is 39.3 Å². The second-order valence-electron chi connectivity index (χ2n) is 6.58. The lowest BCUT2D eigenvalue weighted by atomic mass is 10.0. The Morgan fingerprint density at radius 1 is 1.08 bits per heavy atom. The first-order valence-corrected chi connectivity index (χ1v) is 8.67. The monoisotopic (exact) mass is 333 g/mol. The zero-order valence-electron chi connectivity index (χ0n) is 13.8. The molecule has 0 spiro atoms. The van der Waals surface area contributed by atoms with E-state index < -0.39 is 0 Å². The molecule has 2 amide bonds. The van der Waals surface area contributed by atoms with Crippen molar-refractivity contribution in [2.45, 2.75) is 19.3 Å². The summed E-state index contributed by atoms with van der Waals surface area (Å²) in [6, 6.07) is 5.60.